The summed E-state index contributed by atoms with van der Waals surface area (Å²) in [5.41, 5.74) is 15.2. The van der Waals surface area contributed by atoms with Crippen LogP contribution in [0.15, 0.2) is 36.4 Å². The van der Waals surface area contributed by atoms with E-state index in [0.29, 0.717) is 12.3 Å². The lowest BCUT2D eigenvalue weighted by Gasteiger charge is -2.22. The molecule has 0 spiro atoms. The zero-order chi connectivity index (χ0) is 18.7. The molecular weight excluding hydrogens is 344 g/mol. The van der Waals surface area contributed by atoms with Gasteiger partial charge in [0.2, 0.25) is 0 Å². The number of rotatable bonds is 6. The van der Waals surface area contributed by atoms with Crippen LogP contribution in [0.2, 0.25) is 0 Å². The second kappa shape index (κ2) is 8.12. The maximum absolute atomic E-state index is 12.9. The number of carbonyl (C=O) groups excluding carboxylic acids is 1. The molecule has 0 aliphatic carbocycles. The molecule has 0 radical (unpaired) electrons. The van der Waals surface area contributed by atoms with E-state index in [2.05, 4.69) is 28.4 Å². The molecule has 5 nitrogen and oxygen atoms in total. The van der Waals surface area contributed by atoms with Crippen molar-refractivity contribution >= 4 is 29.9 Å². The Balaban J connectivity index is 1.79. The Labute approximate surface area is 160 Å². The van der Waals surface area contributed by atoms with Crippen molar-refractivity contribution in [3.63, 3.8) is 0 Å². The van der Waals surface area contributed by atoms with E-state index in [1.165, 1.54) is 0 Å². The summed E-state index contributed by atoms with van der Waals surface area (Å²) in [7, 11) is 0. The van der Waals surface area contributed by atoms with Gasteiger partial charge in [0.15, 0.2) is 0 Å². The van der Waals surface area contributed by atoms with Crippen molar-refractivity contribution in [2.45, 2.75) is 26.3 Å². The normalized spacial score (nSPS) is 14.2. The van der Waals surface area contributed by atoms with Gasteiger partial charge in [-0.05, 0) is 55.2 Å². The number of carbonyl (C=O) groups is 1. The average molecular weight is 371 g/mol. The third kappa shape index (κ3) is 3.87. The van der Waals surface area contributed by atoms with E-state index in [9.17, 15) is 4.79 Å². The molecule has 4 N–H and O–H groups in total. The van der Waals surface area contributed by atoms with E-state index in [1.54, 1.807) is 0 Å². The van der Waals surface area contributed by atoms with Gasteiger partial charge in [-0.3, -0.25) is 4.79 Å². The zero-order valence-corrected chi connectivity index (χ0v) is 16.1. The summed E-state index contributed by atoms with van der Waals surface area (Å²) in [5, 5.41) is 5.14. The number of fused-ring (bicyclic) bond motifs is 1. The Morgan fingerprint density at radius 2 is 2.04 bits per heavy atom. The number of aryl methyl sites for hydroxylation is 1. The van der Waals surface area contributed by atoms with Gasteiger partial charge in [-0.25, -0.2) is 5.43 Å². The van der Waals surface area contributed by atoms with E-state index in [1.807, 2.05) is 50.2 Å². The van der Waals surface area contributed by atoms with Crippen LogP contribution >= 0.6 is 12.6 Å². The molecule has 1 atom stereocenters. The van der Waals surface area contributed by atoms with E-state index in [0.717, 1.165) is 46.6 Å². The van der Waals surface area contributed by atoms with E-state index in [4.69, 9.17) is 5.73 Å². The quantitative estimate of drug-likeness (QED) is 0.590. The lowest BCUT2D eigenvalue weighted by molar-refractivity contribution is 0.102. The predicted octanol–water partition coefficient (Wildman–Crippen LogP) is 2.68. The summed E-state index contributed by atoms with van der Waals surface area (Å²) in [6.07, 6.45) is 0.828. The standard InChI is InChI=1S/C20H26N4OS/c1-13-5-3-7-18(14(13)2)23-20(25)17-6-4-8-19-16(17)9-10-24(19)22-11-15(21)12-26/h3-8,15,22,26H,9-12,21H2,1-2H3,(H,23,25)/t15-/m1/s1. The molecule has 3 rings (SSSR count). The molecule has 6 heteroatoms. The van der Waals surface area contributed by atoms with Gasteiger partial charge in [-0.1, -0.05) is 18.2 Å². The Kier molecular flexibility index (Phi) is 5.86. The Morgan fingerprint density at radius 1 is 1.27 bits per heavy atom. The van der Waals surface area contributed by atoms with Crippen LogP contribution < -0.4 is 21.5 Å². The minimum absolute atomic E-state index is 0.00170. The largest absolute Gasteiger partial charge is 0.326 e. The van der Waals surface area contributed by atoms with Crippen LogP contribution in [0.5, 0.6) is 0 Å². The first-order valence-electron chi connectivity index (χ1n) is 8.88. The number of amides is 1. The molecule has 0 aromatic heterocycles. The fourth-order valence-corrected chi connectivity index (χ4v) is 3.31. The highest BCUT2D eigenvalue weighted by atomic mass is 32.1. The van der Waals surface area contributed by atoms with Crippen LogP contribution in [-0.2, 0) is 6.42 Å². The number of thiol groups is 1. The third-order valence-electron chi connectivity index (χ3n) is 4.90. The molecule has 1 aliphatic heterocycles. The number of hydrogen-bond acceptors (Lipinski definition) is 5. The van der Waals surface area contributed by atoms with Crippen LogP contribution in [0.25, 0.3) is 0 Å². The first-order chi connectivity index (χ1) is 12.5. The molecule has 2 aromatic carbocycles. The van der Waals surface area contributed by atoms with Gasteiger partial charge < -0.3 is 16.1 Å². The van der Waals surface area contributed by atoms with E-state index >= 15 is 0 Å². The summed E-state index contributed by atoms with van der Waals surface area (Å²) in [4.78, 5) is 12.9. The Bertz CT molecular complexity index is 808. The summed E-state index contributed by atoms with van der Waals surface area (Å²) in [5.74, 6) is 0.566. The first kappa shape index (κ1) is 18.8. The molecule has 0 saturated carbocycles. The van der Waals surface area contributed by atoms with Crippen LogP contribution in [0, 0.1) is 13.8 Å². The van der Waals surface area contributed by atoms with Gasteiger partial charge in [0.1, 0.15) is 0 Å². The zero-order valence-electron chi connectivity index (χ0n) is 15.2. The summed E-state index contributed by atoms with van der Waals surface area (Å²) in [6, 6.07) is 11.8. The van der Waals surface area contributed by atoms with E-state index < -0.39 is 0 Å². The number of hydrazine groups is 1. The fourth-order valence-electron chi connectivity index (χ4n) is 3.18. The van der Waals surface area contributed by atoms with Crippen molar-refractivity contribution in [3.05, 3.63) is 58.7 Å². The highest BCUT2D eigenvalue weighted by molar-refractivity contribution is 7.80. The average Bonchev–Trinajstić information content (AvgIpc) is 3.06. The predicted molar refractivity (Wildman–Crippen MR) is 111 cm³/mol. The molecule has 26 heavy (non-hydrogen) atoms. The number of hydrogen-bond donors (Lipinski definition) is 4. The lowest BCUT2D eigenvalue weighted by Crippen LogP contribution is -2.44. The highest BCUT2D eigenvalue weighted by Gasteiger charge is 2.24. The maximum Gasteiger partial charge on any atom is 0.256 e. The fraction of sp³-hybridized carbons (Fsp3) is 0.350. The first-order valence-corrected chi connectivity index (χ1v) is 9.51. The summed E-state index contributed by atoms with van der Waals surface area (Å²) < 4.78 is 0. The van der Waals surface area contributed by atoms with Crippen molar-refractivity contribution in [3.8, 4) is 0 Å². The molecule has 138 valence electrons. The Morgan fingerprint density at radius 3 is 2.81 bits per heavy atom. The minimum Gasteiger partial charge on any atom is -0.326 e. The van der Waals surface area contributed by atoms with Crippen molar-refractivity contribution in [1.82, 2.24) is 5.43 Å². The Hall–Kier alpha value is -2.02. The van der Waals surface area contributed by atoms with E-state index in [-0.39, 0.29) is 11.9 Å². The van der Waals surface area contributed by atoms with Gasteiger partial charge in [0, 0.05) is 36.1 Å². The number of nitrogens with two attached hydrogens (primary N) is 1. The maximum atomic E-state index is 12.9. The molecule has 1 amide bonds. The number of benzene rings is 2. The van der Waals surface area contributed by atoms with Crippen LogP contribution in [-0.4, -0.2) is 30.8 Å². The number of nitrogens with one attached hydrogen (secondary N) is 2. The van der Waals surface area contributed by atoms with Gasteiger partial charge in [-0.2, -0.15) is 12.6 Å². The molecule has 2 aromatic rings. The van der Waals surface area contributed by atoms with Crippen molar-refractivity contribution in [2.75, 3.05) is 29.2 Å². The minimum atomic E-state index is -0.0653. The van der Waals surface area contributed by atoms with Crippen molar-refractivity contribution < 1.29 is 4.79 Å². The molecular formula is C20H26N4OS. The molecule has 1 heterocycles. The van der Waals surface area contributed by atoms with Gasteiger partial charge in [0.25, 0.3) is 5.91 Å². The molecule has 0 unspecified atom stereocenters. The molecule has 0 saturated heterocycles. The van der Waals surface area contributed by atoms with Crippen molar-refractivity contribution in [1.29, 1.82) is 0 Å². The van der Waals surface area contributed by atoms with Gasteiger partial charge >= 0.3 is 0 Å². The van der Waals surface area contributed by atoms with Gasteiger partial charge in [-0.15, -0.1) is 0 Å². The number of nitrogens with zero attached hydrogens (tertiary/aromatic N) is 1. The second-order valence-corrected chi connectivity index (χ2v) is 7.08. The molecule has 1 aliphatic rings. The lowest BCUT2D eigenvalue weighted by atomic mass is 10.0. The van der Waals surface area contributed by atoms with Crippen LogP contribution in [0.1, 0.15) is 27.0 Å². The third-order valence-corrected chi connectivity index (χ3v) is 5.37. The highest BCUT2D eigenvalue weighted by Crippen LogP contribution is 2.30. The monoisotopic (exact) mass is 370 g/mol. The molecule has 0 fully saturated rings. The van der Waals surface area contributed by atoms with Crippen LogP contribution in [0.3, 0.4) is 0 Å². The topological polar surface area (TPSA) is 70.4 Å². The van der Waals surface area contributed by atoms with Crippen LogP contribution in [0.4, 0.5) is 11.4 Å². The second-order valence-electron chi connectivity index (χ2n) is 6.71. The summed E-state index contributed by atoms with van der Waals surface area (Å²) in [6.45, 7) is 5.55. The van der Waals surface area contributed by atoms with Gasteiger partial charge in [0.05, 0.1) is 5.69 Å². The van der Waals surface area contributed by atoms with Crippen molar-refractivity contribution in [2.24, 2.45) is 5.73 Å². The smallest absolute Gasteiger partial charge is 0.256 e. The SMILES string of the molecule is Cc1cccc(NC(=O)c2cccc3c2CCN3NC[C@@H](N)CS)c1C. The number of anilines is 2. The molecule has 0 bridgehead atoms. The summed E-state index contributed by atoms with van der Waals surface area (Å²) >= 11 is 4.22.